The summed E-state index contributed by atoms with van der Waals surface area (Å²) in [5.74, 6) is -1.64. The summed E-state index contributed by atoms with van der Waals surface area (Å²) < 4.78 is 41.7. The molecule has 1 aliphatic heterocycles. The number of piperidine rings is 1. The van der Waals surface area contributed by atoms with Gasteiger partial charge >= 0.3 is 0 Å². The number of nitrogens with zero attached hydrogens (tertiary/aromatic N) is 1. The minimum absolute atomic E-state index is 0.161. The zero-order chi connectivity index (χ0) is 21.9. The highest BCUT2D eigenvalue weighted by atomic mass is 32.2. The monoisotopic (exact) mass is 430 g/mol. The van der Waals surface area contributed by atoms with E-state index in [1.165, 1.54) is 36.4 Å². The van der Waals surface area contributed by atoms with Gasteiger partial charge in [0, 0.05) is 5.92 Å². The van der Waals surface area contributed by atoms with Gasteiger partial charge in [-0.25, -0.2) is 17.7 Å². The molecule has 158 valence electrons. The zero-order valence-corrected chi connectivity index (χ0v) is 17.8. The van der Waals surface area contributed by atoms with Crippen molar-refractivity contribution in [3.63, 3.8) is 0 Å². The number of hydrogen-bond donors (Lipinski definition) is 1. The molecule has 8 heteroatoms. The third-order valence-corrected chi connectivity index (χ3v) is 8.29. The highest BCUT2D eigenvalue weighted by Gasteiger charge is 2.64. The lowest BCUT2D eigenvalue weighted by Gasteiger charge is -2.47. The summed E-state index contributed by atoms with van der Waals surface area (Å²) in [6, 6.07) is 11.1. The molecule has 1 aliphatic carbocycles. The molecule has 2 aromatic carbocycles. The molecule has 1 saturated carbocycles. The van der Waals surface area contributed by atoms with Crippen molar-refractivity contribution in [2.45, 2.75) is 38.5 Å². The zero-order valence-electron chi connectivity index (χ0n) is 17.0. The first-order chi connectivity index (χ1) is 14.0. The summed E-state index contributed by atoms with van der Waals surface area (Å²) in [5.41, 5.74) is -1.14. The largest absolute Gasteiger partial charge is 0.277 e. The quantitative estimate of drug-likeness (QED) is 0.745. The number of anilines is 2. The number of rotatable bonds is 4. The number of fused-ring (bicyclic) bond motifs is 2. The van der Waals surface area contributed by atoms with Crippen LogP contribution in [0.15, 0.2) is 53.4 Å². The van der Waals surface area contributed by atoms with E-state index in [9.17, 15) is 22.4 Å². The number of benzene rings is 2. The molecular weight excluding hydrogens is 407 g/mol. The average molecular weight is 431 g/mol. The fourth-order valence-corrected chi connectivity index (χ4v) is 5.71. The molecule has 1 saturated heterocycles. The van der Waals surface area contributed by atoms with Gasteiger partial charge in [0.1, 0.15) is 5.82 Å². The van der Waals surface area contributed by atoms with E-state index in [0.717, 1.165) is 11.0 Å². The first kappa shape index (κ1) is 20.5. The molecule has 0 unspecified atom stereocenters. The summed E-state index contributed by atoms with van der Waals surface area (Å²) in [4.78, 5) is 27.4. The van der Waals surface area contributed by atoms with Gasteiger partial charge < -0.3 is 0 Å². The van der Waals surface area contributed by atoms with Crippen LogP contribution in [0.3, 0.4) is 0 Å². The highest BCUT2D eigenvalue weighted by Crippen LogP contribution is 2.60. The van der Waals surface area contributed by atoms with Crippen molar-refractivity contribution in [2.75, 3.05) is 9.62 Å². The molecule has 2 aliphatic rings. The van der Waals surface area contributed by atoms with Crippen molar-refractivity contribution in [1.82, 2.24) is 0 Å². The number of carbonyl (C=O) groups excluding carboxylic acids is 2. The Kier molecular flexibility index (Phi) is 4.54. The van der Waals surface area contributed by atoms with E-state index >= 15 is 0 Å². The number of carbonyl (C=O) groups is 2. The molecule has 1 heterocycles. The lowest BCUT2D eigenvalue weighted by atomic mass is 9.62. The SMILES string of the molecule is CC1(C)[C@H]2CC[C@]1(C)C(=O)N(c1cccc(S(=O)(=O)Nc3ccccc3F)c1)C2=O. The Morgan fingerprint density at radius 1 is 1.07 bits per heavy atom. The van der Waals surface area contributed by atoms with Crippen LogP contribution in [0.5, 0.6) is 0 Å². The van der Waals surface area contributed by atoms with Gasteiger partial charge in [-0.2, -0.15) is 0 Å². The fourth-order valence-electron chi connectivity index (χ4n) is 4.60. The van der Waals surface area contributed by atoms with E-state index < -0.39 is 26.7 Å². The lowest BCUT2D eigenvalue weighted by Crippen LogP contribution is -2.59. The molecule has 1 N–H and O–H groups in total. The molecule has 2 bridgehead atoms. The Morgan fingerprint density at radius 2 is 1.77 bits per heavy atom. The Labute approximate surface area is 175 Å². The van der Waals surface area contributed by atoms with Crippen LogP contribution < -0.4 is 9.62 Å². The predicted molar refractivity (Wildman–Crippen MR) is 111 cm³/mol. The second-order valence-corrected chi connectivity index (χ2v) is 10.4. The van der Waals surface area contributed by atoms with Gasteiger partial charge in [-0.1, -0.05) is 39.0 Å². The van der Waals surface area contributed by atoms with E-state index in [4.69, 9.17) is 0 Å². The second-order valence-electron chi connectivity index (χ2n) is 8.71. The molecule has 4 rings (SSSR count). The molecule has 2 fully saturated rings. The molecule has 0 radical (unpaired) electrons. The number of amides is 2. The van der Waals surface area contributed by atoms with Crippen LogP contribution in [0.2, 0.25) is 0 Å². The van der Waals surface area contributed by atoms with Gasteiger partial charge in [0.2, 0.25) is 11.8 Å². The molecule has 30 heavy (non-hydrogen) atoms. The van der Waals surface area contributed by atoms with Crippen molar-refractivity contribution < 1.29 is 22.4 Å². The smallest absolute Gasteiger partial charge is 0.262 e. The third kappa shape index (κ3) is 2.85. The fraction of sp³-hybridized carbons (Fsp3) is 0.364. The Balaban J connectivity index is 1.72. The third-order valence-electron chi connectivity index (χ3n) is 6.92. The number of imide groups is 1. The molecule has 2 aromatic rings. The minimum atomic E-state index is -4.12. The Hall–Kier alpha value is -2.74. The van der Waals surface area contributed by atoms with Crippen molar-refractivity contribution in [3.8, 4) is 0 Å². The number of para-hydroxylation sites is 1. The number of sulfonamides is 1. The predicted octanol–water partition coefficient (Wildman–Crippen LogP) is 3.94. The topological polar surface area (TPSA) is 83.6 Å². The van der Waals surface area contributed by atoms with Crippen LogP contribution in [-0.2, 0) is 19.6 Å². The van der Waals surface area contributed by atoms with Crippen LogP contribution in [0.25, 0.3) is 0 Å². The van der Waals surface area contributed by atoms with Crippen LogP contribution in [-0.4, -0.2) is 20.2 Å². The number of halogens is 1. The number of nitrogens with one attached hydrogen (secondary N) is 1. The van der Waals surface area contributed by atoms with Gasteiger partial charge in [0.15, 0.2) is 0 Å². The van der Waals surface area contributed by atoms with E-state index in [1.54, 1.807) is 6.07 Å². The maximum atomic E-state index is 13.9. The molecule has 6 nitrogen and oxygen atoms in total. The molecule has 0 aromatic heterocycles. The van der Waals surface area contributed by atoms with E-state index in [-0.39, 0.29) is 34.0 Å². The average Bonchev–Trinajstić information content (AvgIpc) is 2.87. The van der Waals surface area contributed by atoms with Crippen LogP contribution in [0.1, 0.15) is 33.6 Å². The summed E-state index contributed by atoms with van der Waals surface area (Å²) in [6.07, 6.45) is 1.23. The maximum absolute atomic E-state index is 13.9. The summed E-state index contributed by atoms with van der Waals surface area (Å²) >= 11 is 0. The highest BCUT2D eigenvalue weighted by molar-refractivity contribution is 7.92. The van der Waals surface area contributed by atoms with Gasteiger partial charge in [0.25, 0.3) is 10.0 Å². The normalized spacial score (nSPS) is 25.5. The van der Waals surface area contributed by atoms with Crippen molar-refractivity contribution in [2.24, 2.45) is 16.7 Å². The maximum Gasteiger partial charge on any atom is 0.262 e. The van der Waals surface area contributed by atoms with Gasteiger partial charge in [-0.05, 0) is 48.6 Å². The van der Waals surface area contributed by atoms with Crippen molar-refractivity contribution >= 4 is 33.2 Å². The van der Waals surface area contributed by atoms with Gasteiger partial charge in [-0.3, -0.25) is 14.3 Å². The summed E-state index contributed by atoms with van der Waals surface area (Å²) in [6.45, 7) is 5.75. The molecule has 2 amide bonds. The second kappa shape index (κ2) is 6.63. The first-order valence-corrected chi connectivity index (χ1v) is 11.2. The molecule has 2 atom stereocenters. The van der Waals surface area contributed by atoms with Crippen LogP contribution >= 0.6 is 0 Å². The standard InChI is InChI=1S/C22H23FN2O4S/c1-21(2)16-11-12-22(21,3)20(27)25(19(16)26)14-7-6-8-15(13-14)30(28,29)24-18-10-5-4-9-17(18)23/h4-10,13,16,24H,11-12H2,1-3H3/t16-,22+/m0/s1. The van der Waals surface area contributed by atoms with Crippen LogP contribution in [0, 0.1) is 22.6 Å². The summed E-state index contributed by atoms with van der Waals surface area (Å²) in [7, 11) is -4.12. The molecular formula is C22H23FN2O4S. The van der Waals surface area contributed by atoms with E-state index in [2.05, 4.69) is 4.72 Å². The number of hydrogen-bond acceptors (Lipinski definition) is 4. The minimum Gasteiger partial charge on any atom is -0.277 e. The van der Waals surface area contributed by atoms with Gasteiger partial charge in [0.05, 0.1) is 21.7 Å². The Bertz CT molecular complexity index is 1160. The lowest BCUT2D eigenvalue weighted by molar-refractivity contribution is -0.146. The van der Waals surface area contributed by atoms with E-state index in [0.29, 0.717) is 12.8 Å². The Morgan fingerprint density at radius 3 is 2.47 bits per heavy atom. The molecule has 0 spiro atoms. The van der Waals surface area contributed by atoms with Gasteiger partial charge in [-0.15, -0.1) is 0 Å². The first-order valence-electron chi connectivity index (χ1n) is 9.75. The van der Waals surface area contributed by atoms with Crippen LogP contribution in [0.4, 0.5) is 15.8 Å². The van der Waals surface area contributed by atoms with E-state index in [1.807, 2.05) is 20.8 Å². The van der Waals surface area contributed by atoms with Crippen molar-refractivity contribution in [3.05, 3.63) is 54.3 Å². The summed E-state index contributed by atoms with van der Waals surface area (Å²) in [5, 5.41) is 0. The van der Waals surface area contributed by atoms with Crippen molar-refractivity contribution in [1.29, 1.82) is 0 Å².